The minimum atomic E-state index is 0.398. The molecule has 1 unspecified atom stereocenters. The van der Waals surface area contributed by atoms with Crippen molar-refractivity contribution in [3.63, 3.8) is 0 Å². The smallest absolute Gasteiger partial charge is 0.0696 e. The second-order valence-corrected chi connectivity index (χ2v) is 7.96. The number of benzene rings is 1. The summed E-state index contributed by atoms with van der Waals surface area (Å²) in [5, 5.41) is 3.52. The number of rotatable bonds is 4. The maximum absolute atomic E-state index is 3.52. The van der Waals surface area contributed by atoms with Crippen molar-refractivity contribution in [3.05, 3.63) is 51.7 Å². The van der Waals surface area contributed by atoms with Gasteiger partial charge < -0.3 is 5.32 Å². The van der Waals surface area contributed by atoms with E-state index in [0.717, 1.165) is 19.6 Å². The van der Waals surface area contributed by atoms with Crippen LogP contribution in [0.2, 0.25) is 0 Å². The van der Waals surface area contributed by atoms with Gasteiger partial charge in [0, 0.05) is 34.3 Å². The van der Waals surface area contributed by atoms with Gasteiger partial charge in [0.25, 0.3) is 0 Å². The van der Waals surface area contributed by atoms with Crippen molar-refractivity contribution in [1.82, 2.24) is 10.2 Å². The molecule has 2 aromatic rings. The van der Waals surface area contributed by atoms with Crippen molar-refractivity contribution in [2.75, 3.05) is 32.4 Å². The predicted octanol–water partition coefficient (Wildman–Crippen LogP) is 4.16. The Bertz CT molecular complexity index is 583. The lowest BCUT2D eigenvalue weighted by atomic mass is 10.0. The van der Waals surface area contributed by atoms with E-state index in [4.69, 9.17) is 0 Å². The Morgan fingerprint density at radius 2 is 1.91 bits per heavy atom. The van der Waals surface area contributed by atoms with E-state index in [1.807, 2.05) is 23.1 Å². The van der Waals surface area contributed by atoms with Gasteiger partial charge in [-0.25, -0.2) is 0 Å². The molecule has 1 atom stereocenters. The highest BCUT2D eigenvalue weighted by Gasteiger charge is 2.24. The zero-order chi connectivity index (χ0) is 15.4. The molecule has 0 radical (unpaired) electrons. The summed E-state index contributed by atoms with van der Waals surface area (Å²) >= 11 is 3.74. The summed E-state index contributed by atoms with van der Waals surface area (Å²) in [6.07, 6.45) is 3.36. The van der Waals surface area contributed by atoms with E-state index < -0.39 is 0 Å². The van der Waals surface area contributed by atoms with Crippen LogP contribution in [0.4, 0.5) is 0 Å². The maximum atomic E-state index is 3.52. The molecule has 1 fully saturated rings. The molecule has 22 heavy (non-hydrogen) atoms. The molecule has 0 saturated carbocycles. The normalized spacial score (nSPS) is 18.1. The summed E-state index contributed by atoms with van der Waals surface area (Å²) in [6, 6.07) is 14.1. The maximum Gasteiger partial charge on any atom is 0.0696 e. The van der Waals surface area contributed by atoms with Gasteiger partial charge in [0.05, 0.1) is 6.04 Å². The zero-order valence-electron chi connectivity index (χ0n) is 13.3. The number of hydrogen-bond acceptors (Lipinski definition) is 4. The van der Waals surface area contributed by atoms with Crippen LogP contribution in [0, 0.1) is 6.92 Å². The van der Waals surface area contributed by atoms with Crippen LogP contribution >= 0.6 is 23.1 Å². The van der Waals surface area contributed by atoms with Gasteiger partial charge in [0.15, 0.2) is 0 Å². The minimum Gasteiger partial charge on any atom is -0.315 e. The molecule has 1 aromatic carbocycles. The molecule has 2 nitrogen and oxygen atoms in total. The Balaban J connectivity index is 1.93. The largest absolute Gasteiger partial charge is 0.315 e. The van der Waals surface area contributed by atoms with Gasteiger partial charge in [0.1, 0.15) is 0 Å². The van der Waals surface area contributed by atoms with E-state index in [9.17, 15) is 0 Å². The molecule has 1 saturated heterocycles. The molecule has 1 N–H and O–H groups in total. The summed E-state index contributed by atoms with van der Waals surface area (Å²) in [5.41, 5.74) is 1.42. The predicted molar refractivity (Wildman–Crippen MR) is 98.2 cm³/mol. The van der Waals surface area contributed by atoms with Crippen molar-refractivity contribution in [1.29, 1.82) is 0 Å². The molecule has 0 spiro atoms. The molecule has 118 valence electrons. The quantitative estimate of drug-likeness (QED) is 0.846. The van der Waals surface area contributed by atoms with Crippen LogP contribution in [-0.4, -0.2) is 37.3 Å². The second-order valence-electron chi connectivity index (χ2n) is 5.76. The number of thioether (sulfide) groups is 1. The van der Waals surface area contributed by atoms with Gasteiger partial charge >= 0.3 is 0 Å². The average Bonchev–Trinajstić information content (AvgIpc) is 2.80. The monoisotopic (exact) mass is 332 g/mol. The van der Waals surface area contributed by atoms with E-state index in [1.54, 1.807) is 0 Å². The summed E-state index contributed by atoms with van der Waals surface area (Å²) in [6.45, 7) is 6.71. The van der Waals surface area contributed by atoms with Gasteiger partial charge in [-0.15, -0.1) is 23.1 Å². The summed E-state index contributed by atoms with van der Waals surface area (Å²) < 4.78 is 0. The third-order valence-corrected chi connectivity index (χ3v) is 6.00. The third-order valence-electron chi connectivity index (χ3n) is 4.20. The molecular weight excluding hydrogens is 308 g/mol. The second kappa shape index (κ2) is 7.64. The van der Waals surface area contributed by atoms with Crippen LogP contribution in [0.15, 0.2) is 41.3 Å². The van der Waals surface area contributed by atoms with Crippen molar-refractivity contribution in [3.8, 4) is 0 Å². The highest BCUT2D eigenvalue weighted by molar-refractivity contribution is 7.98. The van der Waals surface area contributed by atoms with E-state index in [2.05, 4.69) is 59.8 Å². The molecule has 0 amide bonds. The van der Waals surface area contributed by atoms with Gasteiger partial charge in [-0.05, 0) is 56.0 Å². The fourth-order valence-corrected chi connectivity index (χ4v) is 4.52. The number of thiophene rings is 1. The fourth-order valence-electron chi connectivity index (χ4n) is 3.07. The van der Waals surface area contributed by atoms with Gasteiger partial charge in [0.2, 0.25) is 0 Å². The van der Waals surface area contributed by atoms with E-state index in [1.165, 1.54) is 33.2 Å². The number of aryl methyl sites for hydroxylation is 1. The van der Waals surface area contributed by atoms with E-state index >= 15 is 0 Å². The number of nitrogens with one attached hydrogen (secondary N) is 1. The first-order chi connectivity index (χ1) is 10.8. The lowest BCUT2D eigenvalue weighted by molar-refractivity contribution is 0.244. The van der Waals surface area contributed by atoms with Crippen LogP contribution in [-0.2, 0) is 0 Å². The summed E-state index contributed by atoms with van der Waals surface area (Å²) in [4.78, 5) is 6.84. The fraction of sp³-hybridized carbons (Fsp3) is 0.444. The Morgan fingerprint density at radius 3 is 2.59 bits per heavy atom. The Hall–Kier alpha value is -0.810. The Kier molecular flexibility index (Phi) is 5.58. The van der Waals surface area contributed by atoms with E-state index in [-0.39, 0.29) is 0 Å². The number of nitrogens with zero attached hydrogens (tertiary/aromatic N) is 1. The van der Waals surface area contributed by atoms with Crippen LogP contribution in [0.5, 0.6) is 0 Å². The first-order valence-electron chi connectivity index (χ1n) is 7.93. The van der Waals surface area contributed by atoms with Crippen LogP contribution in [0.25, 0.3) is 0 Å². The molecule has 1 aliphatic rings. The van der Waals surface area contributed by atoms with Crippen molar-refractivity contribution >= 4 is 23.1 Å². The lowest BCUT2D eigenvalue weighted by Gasteiger charge is -2.30. The van der Waals surface area contributed by atoms with Crippen molar-refractivity contribution < 1.29 is 0 Å². The molecule has 1 aromatic heterocycles. The van der Waals surface area contributed by atoms with Crippen molar-refractivity contribution in [2.45, 2.75) is 24.3 Å². The molecule has 1 aliphatic heterocycles. The highest BCUT2D eigenvalue weighted by atomic mass is 32.2. The summed E-state index contributed by atoms with van der Waals surface area (Å²) in [7, 11) is 0. The topological polar surface area (TPSA) is 15.3 Å². The van der Waals surface area contributed by atoms with Crippen molar-refractivity contribution in [2.24, 2.45) is 0 Å². The standard InChI is InChI=1S/C18H24N2S2/c1-14-4-9-17(22-14)18(20-12-3-10-19-11-13-20)15-5-7-16(21-2)8-6-15/h4-9,18-19H,3,10-13H2,1-2H3. The van der Waals surface area contributed by atoms with Crippen LogP contribution in [0.3, 0.4) is 0 Å². The zero-order valence-corrected chi connectivity index (χ0v) is 15.0. The van der Waals surface area contributed by atoms with Crippen LogP contribution in [0.1, 0.15) is 27.8 Å². The average molecular weight is 333 g/mol. The molecule has 0 bridgehead atoms. The first-order valence-corrected chi connectivity index (χ1v) is 9.97. The molecule has 4 heteroatoms. The third kappa shape index (κ3) is 3.74. The Labute approximate surface area is 141 Å². The molecule has 3 rings (SSSR count). The lowest BCUT2D eigenvalue weighted by Crippen LogP contribution is -2.32. The molecular formula is C18H24N2S2. The highest BCUT2D eigenvalue weighted by Crippen LogP contribution is 2.34. The Morgan fingerprint density at radius 1 is 1.09 bits per heavy atom. The molecule has 2 heterocycles. The van der Waals surface area contributed by atoms with Gasteiger partial charge in [-0.2, -0.15) is 0 Å². The van der Waals surface area contributed by atoms with Gasteiger partial charge in [-0.3, -0.25) is 4.90 Å². The minimum absolute atomic E-state index is 0.398. The summed E-state index contributed by atoms with van der Waals surface area (Å²) in [5.74, 6) is 0. The SMILES string of the molecule is CSc1ccc(C(c2ccc(C)s2)N2CCCNCC2)cc1. The first kappa shape index (κ1) is 16.1. The van der Waals surface area contributed by atoms with E-state index in [0.29, 0.717) is 6.04 Å². The van der Waals surface area contributed by atoms with Crippen LogP contribution < -0.4 is 5.32 Å². The van der Waals surface area contributed by atoms with Gasteiger partial charge in [-0.1, -0.05) is 12.1 Å². The number of hydrogen-bond donors (Lipinski definition) is 1. The molecule has 0 aliphatic carbocycles.